The van der Waals surface area contributed by atoms with E-state index in [1.54, 1.807) is 0 Å². The summed E-state index contributed by atoms with van der Waals surface area (Å²) in [6.45, 7) is 7.78. The highest BCUT2D eigenvalue weighted by Gasteiger charge is 2.11. The average Bonchev–Trinajstić information content (AvgIpc) is 3.14. The zero-order chi connectivity index (χ0) is 21.2. The normalized spacial score (nSPS) is 12.1. The van der Waals surface area contributed by atoms with E-state index in [1.165, 1.54) is 5.56 Å². The van der Waals surface area contributed by atoms with Crippen molar-refractivity contribution in [2.45, 2.75) is 46.3 Å². The Morgan fingerprint density at radius 2 is 1.70 bits per heavy atom. The van der Waals surface area contributed by atoms with Crippen LogP contribution < -0.4 is 4.74 Å². The van der Waals surface area contributed by atoms with Gasteiger partial charge in [-0.05, 0) is 63.4 Å². The van der Waals surface area contributed by atoms with E-state index in [4.69, 9.17) is 18.6 Å². The van der Waals surface area contributed by atoms with Crippen molar-refractivity contribution >= 4 is 0 Å². The van der Waals surface area contributed by atoms with Gasteiger partial charge in [0.25, 0.3) is 0 Å². The number of hydrogen-bond donors (Lipinski definition) is 0. The van der Waals surface area contributed by atoms with Crippen LogP contribution in [0.5, 0.6) is 5.75 Å². The maximum absolute atomic E-state index is 5.90. The molecular formula is C25H31NO4. The number of benzene rings is 2. The van der Waals surface area contributed by atoms with Gasteiger partial charge in [0, 0.05) is 18.6 Å². The highest BCUT2D eigenvalue weighted by atomic mass is 16.7. The molecule has 0 fully saturated rings. The van der Waals surface area contributed by atoms with Gasteiger partial charge in [0.1, 0.15) is 11.5 Å². The Balaban J connectivity index is 1.41. The highest BCUT2D eigenvalue weighted by molar-refractivity contribution is 5.53. The van der Waals surface area contributed by atoms with Crippen molar-refractivity contribution < 1.29 is 18.6 Å². The SMILES string of the molecule is CCOC(C)OCCCc1ccc(OCCc2nc(-c3ccccc3)oc2C)cc1. The summed E-state index contributed by atoms with van der Waals surface area (Å²) in [4.78, 5) is 4.62. The minimum Gasteiger partial charge on any atom is -0.493 e. The van der Waals surface area contributed by atoms with Crippen molar-refractivity contribution in [3.8, 4) is 17.2 Å². The van der Waals surface area contributed by atoms with Crippen LogP contribution in [0.3, 0.4) is 0 Å². The molecule has 0 saturated carbocycles. The number of nitrogens with zero attached hydrogens (tertiary/aromatic N) is 1. The molecule has 2 aromatic carbocycles. The van der Waals surface area contributed by atoms with E-state index < -0.39 is 0 Å². The van der Waals surface area contributed by atoms with Crippen molar-refractivity contribution in [1.82, 2.24) is 4.98 Å². The van der Waals surface area contributed by atoms with Gasteiger partial charge < -0.3 is 18.6 Å². The second-order valence-corrected chi connectivity index (χ2v) is 7.13. The summed E-state index contributed by atoms with van der Waals surface area (Å²) < 4.78 is 22.7. The largest absolute Gasteiger partial charge is 0.493 e. The summed E-state index contributed by atoms with van der Waals surface area (Å²) in [7, 11) is 0. The Morgan fingerprint density at radius 1 is 0.933 bits per heavy atom. The minimum atomic E-state index is -0.136. The first-order chi connectivity index (χ1) is 14.7. The molecule has 0 radical (unpaired) electrons. The van der Waals surface area contributed by atoms with E-state index in [0.29, 0.717) is 32.1 Å². The van der Waals surface area contributed by atoms with Crippen molar-refractivity contribution in [1.29, 1.82) is 0 Å². The van der Waals surface area contributed by atoms with Crippen molar-refractivity contribution in [2.75, 3.05) is 19.8 Å². The monoisotopic (exact) mass is 409 g/mol. The molecule has 30 heavy (non-hydrogen) atoms. The molecule has 5 heteroatoms. The van der Waals surface area contributed by atoms with Gasteiger partial charge in [-0.25, -0.2) is 4.98 Å². The van der Waals surface area contributed by atoms with Gasteiger partial charge in [-0.2, -0.15) is 0 Å². The van der Waals surface area contributed by atoms with E-state index in [0.717, 1.165) is 35.6 Å². The second kappa shape index (κ2) is 11.5. The lowest BCUT2D eigenvalue weighted by Crippen LogP contribution is -2.13. The predicted molar refractivity (Wildman–Crippen MR) is 118 cm³/mol. The molecule has 1 unspecified atom stereocenters. The smallest absolute Gasteiger partial charge is 0.226 e. The van der Waals surface area contributed by atoms with Crippen LogP contribution in [-0.2, 0) is 22.3 Å². The number of rotatable bonds is 12. The van der Waals surface area contributed by atoms with E-state index in [1.807, 2.05) is 63.2 Å². The van der Waals surface area contributed by atoms with E-state index in [-0.39, 0.29) is 6.29 Å². The molecule has 0 aliphatic carbocycles. The fourth-order valence-electron chi connectivity index (χ4n) is 3.19. The Labute approximate surface area is 179 Å². The molecule has 1 heterocycles. The maximum Gasteiger partial charge on any atom is 0.226 e. The van der Waals surface area contributed by atoms with Crippen LogP contribution in [0.4, 0.5) is 0 Å². The van der Waals surface area contributed by atoms with Crippen LogP contribution in [0.1, 0.15) is 37.3 Å². The minimum absolute atomic E-state index is 0.136. The van der Waals surface area contributed by atoms with Crippen molar-refractivity contribution in [2.24, 2.45) is 0 Å². The van der Waals surface area contributed by atoms with Gasteiger partial charge in [-0.1, -0.05) is 30.3 Å². The molecule has 0 aliphatic rings. The molecule has 0 aliphatic heterocycles. The maximum atomic E-state index is 5.90. The third-order valence-electron chi connectivity index (χ3n) is 4.81. The molecule has 3 rings (SSSR count). The molecule has 3 aromatic rings. The zero-order valence-electron chi connectivity index (χ0n) is 18.1. The van der Waals surface area contributed by atoms with Crippen LogP contribution >= 0.6 is 0 Å². The molecule has 1 aromatic heterocycles. The summed E-state index contributed by atoms with van der Waals surface area (Å²) in [6.07, 6.45) is 2.51. The molecule has 0 spiro atoms. The first-order valence-corrected chi connectivity index (χ1v) is 10.6. The molecule has 1 atom stereocenters. The highest BCUT2D eigenvalue weighted by Crippen LogP contribution is 2.22. The first-order valence-electron chi connectivity index (χ1n) is 10.6. The van der Waals surface area contributed by atoms with Gasteiger partial charge in [-0.3, -0.25) is 0 Å². The third-order valence-corrected chi connectivity index (χ3v) is 4.81. The fraction of sp³-hybridized carbons (Fsp3) is 0.400. The molecule has 0 bridgehead atoms. The summed E-state index contributed by atoms with van der Waals surface area (Å²) in [5.74, 6) is 2.37. The lowest BCUT2D eigenvalue weighted by molar-refractivity contribution is -0.127. The summed E-state index contributed by atoms with van der Waals surface area (Å²) in [5, 5.41) is 0. The molecule has 0 N–H and O–H groups in total. The number of aromatic nitrogens is 1. The number of ether oxygens (including phenoxy) is 3. The van der Waals surface area contributed by atoms with E-state index in [2.05, 4.69) is 17.1 Å². The first kappa shape index (κ1) is 22.1. The molecule has 0 saturated heterocycles. The van der Waals surface area contributed by atoms with Gasteiger partial charge in [0.05, 0.1) is 18.9 Å². The quantitative estimate of drug-likeness (QED) is 0.288. The fourth-order valence-corrected chi connectivity index (χ4v) is 3.19. The number of aryl methyl sites for hydroxylation is 2. The van der Waals surface area contributed by atoms with Crippen LogP contribution in [0.25, 0.3) is 11.5 Å². The summed E-state index contributed by atoms with van der Waals surface area (Å²) in [5.41, 5.74) is 3.20. The molecule has 160 valence electrons. The zero-order valence-corrected chi connectivity index (χ0v) is 18.1. The van der Waals surface area contributed by atoms with Gasteiger partial charge in [-0.15, -0.1) is 0 Å². The Morgan fingerprint density at radius 3 is 2.43 bits per heavy atom. The van der Waals surface area contributed by atoms with E-state index in [9.17, 15) is 0 Å². The van der Waals surface area contributed by atoms with Crippen molar-refractivity contribution in [3.63, 3.8) is 0 Å². The number of oxazole rings is 1. The van der Waals surface area contributed by atoms with Crippen LogP contribution in [0.15, 0.2) is 59.0 Å². The molecular weight excluding hydrogens is 378 g/mol. The molecule has 0 amide bonds. The van der Waals surface area contributed by atoms with Crippen LogP contribution in [-0.4, -0.2) is 31.1 Å². The van der Waals surface area contributed by atoms with Crippen LogP contribution in [0, 0.1) is 6.92 Å². The number of hydrogen-bond acceptors (Lipinski definition) is 5. The van der Waals surface area contributed by atoms with Gasteiger partial charge in [0.15, 0.2) is 6.29 Å². The lowest BCUT2D eigenvalue weighted by atomic mass is 10.1. The van der Waals surface area contributed by atoms with Gasteiger partial charge >= 0.3 is 0 Å². The summed E-state index contributed by atoms with van der Waals surface area (Å²) in [6, 6.07) is 18.2. The van der Waals surface area contributed by atoms with Crippen molar-refractivity contribution in [3.05, 3.63) is 71.6 Å². The van der Waals surface area contributed by atoms with Gasteiger partial charge in [0.2, 0.25) is 5.89 Å². The third kappa shape index (κ3) is 6.71. The Bertz CT molecular complexity index is 874. The topological polar surface area (TPSA) is 53.7 Å². The Kier molecular flexibility index (Phi) is 8.48. The Hall–Kier alpha value is -2.63. The van der Waals surface area contributed by atoms with E-state index >= 15 is 0 Å². The lowest BCUT2D eigenvalue weighted by Gasteiger charge is -2.12. The predicted octanol–water partition coefficient (Wildman–Crippen LogP) is 5.60. The average molecular weight is 410 g/mol. The standard InChI is InChI=1S/C25H31NO4/c1-4-27-20(3)28-17-8-9-21-12-14-23(15-13-21)29-18-16-24-19(2)30-25(26-24)22-10-6-5-7-11-22/h5-7,10-15,20H,4,8-9,16-18H2,1-3H3. The second-order valence-electron chi connectivity index (χ2n) is 7.13. The summed E-state index contributed by atoms with van der Waals surface area (Å²) >= 11 is 0. The molecule has 5 nitrogen and oxygen atoms in total. The van der Waals surface area contributed by atoms with Crippen LogP contribution in [0.2, 0.25) is 0 Å².